The van der Waals surface area contributed by atoms with Crippen LogP contribution in [0.1, 0.15) is 62.9 Å². The maximum absolute atomic E-state index is 12.1. The van der Waals surface area contributed by atoms with Crippen LogP contribution in [-0.4, -0.2) is 42.9 Å². The maximum Gasteiger partial charge on any atom is 0.244 e. The molecule has 0 spiro atoms. The van der Waals surface area contributed by atoms with Crippen LogP contribution in [0.3, 0.4) is 0 Å². The molecule has 2 N–H and O–H groups in total. The van der Waals surface area contributed by atoms with Crippen molar-refractivity contribution in [2.24, 2.45) is 10.7 Å². The average Bonchev–Trinajstić information content (AvgIpc) is 2.74. The zero-order chi connectivity index (χ0) is 20.7. The molecule has 5 nitrogen and oxygen atoms in total. The molecule has 0 saturated carbocycles. The van der Waals surface area contributed by atoms with Gasteiger partial charge in [0.25, 0.3) is 0 Å². The zero-order valence-electron chi connectivity index (χ0n) is 16.9. The predicted octanol–water partition coefficient (Wildman–Crippen LogP) is 4.59. The Hall–Kier alpha value is -2.14. The number of carbonyl (C=O) groups excluding carboxylic acids is 2. The average molecular weight is 394 g/mol. The molecule has 1 aliphatic heterocycles. The minimum Gasteiger partial charge on any atom is -0.404 e. The van der Waals surface area contributed by atoms with Gasteiger partial charge in [-0.25, -0.2) is 0 Å². The number of nitrogens with zero attached hydrogens (tertiary/aromatic N) is 2. The van der Waals surface area contributed by atoms with Gasteiger partial charge in [-0.2, -0.15) is 0 Å². The van der Waals surface area contributed by atoms with Crippen molar-refractivity contribution in [3.63, 3.8) is 0 Å². The van der Waals surface area contributed by atoms with E-state index in [1.54, 1.807) is 18.2 Å². The Kier molecular flexibility index (Phi) is 13.8. The molecule has 2 rings (SSSR count). The smallest absolute Gasteiger partial charge is 0.244 e. The second-order valence-electron chi connectivity index (χ2n) is 5.38. The molecule has 1 aromatic rings. The van der Waals surface area contributed by atoms with Crippen molar-refractivity contribution in [2.45, 2.75) is 47.0 Å². The highest BCUT2D eigenvalue weighted by Crippen LogP contribution is 2.21. The van der Waals surface area contributed by atoms with E-state index in [0.29, 0.717) is 21.7 Å². The van der Waals surface area contributed by atoms with Crippen molar-refractivity contribution in [2.75, 3.05) is 19.6 Å². The minimum atomic E-state index is 0.0130. The van der Waals surface area contributed by atoms with Crippen LogP contribution in [0.15, 0.2) is 29.4 Å². The first-order chi connectivity index (χ1) is 13.2. The predicted molar refractivity (Wildman–Crippen MR) is 115 cm³/mol. The molecule has 27 heavy (non-hydrogen) atoms. The van der Waals surface area contributed by atoms with E-state index in [9.17, 15) is 9.59 Å². The minimum absolute atomic E-state index is 0.0130. The summed E-state index contributed by atoms with van der Waals surface area (Å²) in [6.07, 6.45) is 6.88. The number of hydrogen-bond acceptors (Lipinski definition) is 4. The first kappa shape index (κ1) is 24.9. The number of allylic oxidation sites excluding steroid dienone is 1. The van der Waals surface area contributed by atoms with Crippen LogP contribution in [-0.2, 0) is 4.79 Å². The second-order valence-corrected chi connectivity index (χ2v) is 5.82. The van der Waals surface area contributed by atoms with Crippen LogP contribution in [0.25, 0.3) is 5.57 Å². The third-order valence-electron chi connectivity index (χ3n) is 3.80. The molecular formula is C21H32ClN3O2. The highest BCUT2D eigenvalue weighted by atomic mass is 35.5. The van der Waals surface area contributed by atoms with E-state index in [2.05, 4.69) is 4.99 Å². The summed E-state index contributed by atoms with van der Waals surface area (Å²) in [5.74, 6) is 0.0130. The molecule has 1 aromatic carbocycles. The third-order valence-corrected chi connectivity index (χ3v) is 4.03. The van der Waals surface area contributed by atoms with Crippen molar-refractivity contribution < 1.29 is 9.59 Å². The van der Waals surface area contributed by atoms with Crippen molar-refractivity contribution in [3.05, 3.63) is 40.5 Å². The quantitative estimate of drug-likeness (QED) is 0.587. The number of aldehydes is 1. The van der Waals surface area contributed by atoms with Gasteiger partial charge in [-0.05, 0) is 43.0 Å². The van der Waals surface area contributed by atoms with Crippen LogP contribution < -0.4 is 5.73 Å². The number of amides is 1. The lowest BCUT2D eigenvalue weighted by atomic mass is 10.0. The van der Waals surface area contributed by atoms with E-state index in [-0.39, 0.29) is 12.5 Å². The van der Waals surface area contributed by atoms with Gasteiger partial charge in [0.1, 0.15) is 6.54 Å². The van der Waals surface area contributed by atoms with Crippen molar-refractivity contribution in [1.82, 2.24) is 4.90 Å². The first-order valence-electron chi connectivity index (χ1n) is 9.60. The topological polar surface area (TPSA) is 75.8 Å². The Morgan fingerprint density at radius 2 is 1.81 bits per heavy atom. The summed E-state index contributed by atoms with van der Waals surface area (Å²) in [5.41, 5.74) is 7.26. The Labute approximate surface area is 168 Å². The number of carbonyl (C=O) groups is 2. The molecule has 1 saturated heterocycles. The number of rotatable bonds is 5. The highest BCUT2D eigenvalue weighted by molar-refractivity contribution is 6.31. The van der Waals surface area contributed by atoms with Gasteiger partial charge in [-0.15, -0.1) is 0 Å². The third kappa shape index (κ3) is 8.39. The Morgan fingerprint density at radius 3 is 2.37 bits per heavy atom. The maximum atomic E-state index is 12.1. The summed E-state index contributed by atoms with van der Waals surface area (Å²) < 4.78 is 0. The van der Waals surface area contributed by atoms with Gasteiger partial charge in [-0.1, -0.05) is 39.3 Å². The van der Waals surface area contributed by atoms with Gasteiger partial charge in [0.15, 0.2) is 6.29 Å². The summed E-state index contributed by atoms with van der Waals surface area (Å²) in [4.78, 5) is 29.2. The molecule has 0 atom stereocenters. The lowest BCUT2D eigenvalue weighted by molar-refractivity contribution is -0.130. The normalized spacial score (nSPS) is 14.0. The largest absolute Gasteiger partial charge is 0.404 e. The summed E-state index contributed by atoms with van der Waals surface area (Å²) in [6, 6.07) is 4.92. The molecule has 0 aromatic heterocycles. The standard InChI is InChI=1S/C17H20ClN3O2.2C2H6/c18-15-5-4-13(12-22)16(8-15)14(9-19)10-20-11-17(23)21-6-2-1-3-7-21;2*1-2/h4-5,8-10,12H,1-3,6-7,11,19H2;2*1-2H3/b14-9+,20-10?;;. The molecule has 0 bridgehead atoms. The van der Waals surface area contributed by atoms with E-state index in [0.717, 1.165) is 32.2 Å². The summed E-state index contributed by atoms with van der Waals surface area (Å²) >= 11 is 5.97. The molecule has 1 aliphatic rings. The number of likely N-dealkylation sites (tertiary alicyclic amines) is 1. The zero-order valence-corrected chi connectivity index (χ0v) is 17.6. The number of benzene rings is 1. The molecule has 6 heteroatoms. The second kappa shape index (κ2) is 15.0. The lowest BCUT2D eigenvalue weighted by Gasteiger charge is -2.25. The van der Waals surface area contributed by atoms with Crippen molar-refractivity contribution in [3.8, 4) is 0 Å². The fourth-order valence-electron chi connectivity index (χ4n) is 2.55. The fraction of sp³-hybridized carbons (Fsp3) is 0.476. The van der Waals surface area contributed by atoms with E-state index >= 15 is 0 Å². The molecule has 0 radical (unpaired) electrons. The first-order valence-corrected chi connectivity index (χ1v) is 9.98. The summed E-state index contributed by atoms with van der Waals surface area (Å²) in [5, 5.41) is 0.503. The Balaban J connectivity index is 0.00000158. The van der Waals surface area contributed by atoms with Gasteiger partial charge < -0.3 is 10.6 Å². The highest BCUT2D eigenvalue weighted by Gasteiger charge is 2.15. The fourth-order valence-corrected chi connectivity index (χ4v) is 2.72. The SMILES string of the molecule is CC.CC.N/C=C(\C=NCC(=O)N1CCCCC1)c1cc(Cl)ccc1C=O. The van der Waals surface area contributed by atoms with Gasteiger partial charge in [0, 0.05) is 41.7 Å². The van der Waals surface area contributed by atoms with Gasteiger partial charge >= 0.3 is 0 Å². The molecular weight excluding hydrogens is 362 g/mol. The monoisotopic (exact) mass is 393 g/mol. The molecule has 1 heterocycles. The van der Waals surface area contributed by atoms with E-state index in [1.165, 1.54) is 18.8 Å². The molecule has 1 fully saturated rings. The molecule has 0 aliphatic carbocycles. The van der Waals surface area contributed by atoms with Crippen LogP contribution in [0.4, 0.5) is 0 Å². The summed E-state index contributed by atoms with van der Waals surface area (Å²) in [6.45, 7) is 9.68. The van der Waals surface area contributed by atoms with Gasteiger partial charge in [-0.3, -0.25) is 14.6 Å². The van der Waals surface area contributed by atoms with Crippen LogP contribution in [0.5, 0.6) is 0 Å². The van der Waals surface area contributed by atoms with E-state index < -0.39 is 0 Å². The van der Waals surface area contributed by atoms with E-state index in [1.807, 2.05) is 32.6 Å². The van der Waals surface area contributed by atoms with Gasteiger partial charge in [0.2, 0.25) is 5.91 Å². The number of nitrogens with two attached hydrogens (primary N) is 1. The number of piperidine rings is 1. The van der Waals surface area contributed by atoms with Crippen LogP contribution in [0.2, 0.25) is 5.02 Å². The van der Waals surface area contributed by atoms with Crippen LogP contribution >= 0.6 is 11.6 Å². The van der Waals surface area contributed by atoms with E-state index in [4.69, 9.17) is 17.3 Å². The Bertz CT molecular complexity index is 636. The number of halogens is 1. The van der Waals surface area contributed by atoms with Crippen molar-refractivity contribution in [1.29, 1.82) is 0 Å². The summed E-state index contributed by atoms with van der Waals surface area (Å²) in [7, 11) is 0. The number of aliphatic imine (C=N–C) groups is 1. The van der Waals surface area contributed by atoms with Crippen LogP contribution in [0, 0.1) is 0 Å². The lowest BCUT2D eigenvalue weighted by Crippen LogP contribution is -2.37. The molecule has 1 amide bonds. The molecule has 0 unspecified atom stereocenters. The molecule has 150 valence electrons. The Morgan fingerprint density at radius 1 is 1.19 bits per heavy atom. The number of hydrogen-bond donors (Lipinski definition) is 1. The van der Waals surface area contributed by atoms with Crippen molar-refractivity contribution >= 4 is 35.6 Å². The van der Waals surface area contributed by atoms with Gasteiger partial charge in [0.05, 0.1) is 0 Å².